The fraction of sp³-hybridized carbons (Fsp3) is 0.200. The molecule has 0 aliphatic rings. The normalized spacial score (nSPS) is 10.6. The van der Waals surface area contributed by atoms with Crippen LogP contribution in [-0.4, -0.2) is 34.5 Å². The van der Waals surface area contributed by atoms with E-state index in [2.05, 4.69) is 10.4 Å². The van der Waals surface area contributed by atoms with Gasteiger partial charge < -0.3 is 14.8 Å². The minimum absolute atomic E-state index is 0.120. The number of halogens is 2. The molecule has 31 heavy (non-hydrogen) atoms. The molecule has 1 aromatic heterocycles. The van der Waals surface area contributed by atoms with Gasteiger partial charge >= 0.3 is 11.2 Å². The van der Waals surface area contributed by atoms with E-state index in [-0.39, 0.29) is 23.8 Å². The second-order valence-corrected chi connectivity index (χ2v) is 6.82. The molecule has 0 saturated heterocycles. The predicted octanol–water partition coefficient (Wildman–Crippen LogP) is 2.21. The van der Waals surface area contributed by atoms with Crippen molar-refractivity contribution in [1.29, 1.82) is 0 Å². The lowest BCUT2D eigenvalue weighted by Crippen LogP contribution is -2.41. The Morgan fingerprint density at radius 2 is 1.90 bits per heavy atom. The highest BCUT2D eigenvalue weighted by Crippen LogP contribution is 2.25. The fourth-order valence-corrected chi connectivity index (χ4v) is 3.13. The Labute approximate surface area is 180 Å². The minimum Gasteiger partial charge on any atom is -0.495 e. The molecule has 3 rings (SSSR count). The lowest BCUT2D eigenvalue weighted by Gasteiger charge is -2.13. The molecule has 0 saturated carbocycles. The fourth-order valence-electron chi connectivity index (χ4n) is 2.85. The number of nitrogens with zero attached hydrogens (tertiary/aromatic N) is 3. The summed E-state index contributed by atoms with van der Waals surface area (Å²) in [5.74, 6) is -1.08. The van der Waals surface area contributed by atoms with Crippen LogP contribution in [-0.2, 0) is 11.3 Å². The van der Waals surface area contributed by atoms with Crippen LogP contribution in [0.3, 0.4) is 0 Å². The largest absolute Gasteiger partial charge is 0.495 e. The number of carbonyl (C=O) groups excluding carboxylic acids is 1. The summed E-state index contributed by atoms with van der Waals surface area (Å²) in [6.07, 6.45) is 0. The van der Waals surface area contributed by atoms with Crippen LogP contribution in [0.15, 0.2) is 46.0 Å². The zero-order chi connectivity index (χ0) is 22.7. The van der Waals surface area contributed by atoms with Gasteiger partial charge in [0, 0.05) is 6.92 Å². The maximum Gasteiger partial charge on any atom is 0.352 e. The van der Waals surface area contributed by atoms with Crippen LogP contribution in [0.1, 0.15) is 12.5 Å². The van der Waals surface area contributed by atoms with Gasteiger partial charge in [-0.2, -0.15) is 4.68 Å². The van der Waals surface area contributed by atoms with Crippen LogP contribution in [0.2, 0.25) is 5.02 Å². The molecule has 1 heterocycles. The van der Waals surface area contributed by atoms with E-state index in [4.69, 9.17) is 21.1 Å². The van der Waals surface area contributed by atoms with E-state index in [0.717, 1.165) is 15.3 Å². The van der Waals surface area contributed by atoms with E-state index in [0.29, 0.717) is 16.3 Å². The zero-order valence-corrected chi connectivity index (χ0v) is 17.6. The maximum absolute atomic E-state index is 14.0. The van der Waals surface area contributed by atoms with Gasteiger partial charge in [0.05, 0.1) is 37.2 Å². The van der Waals surface area contributed by atoms with Gasteiger partial charge in [0.15, 0.2) is 0 Å². The highest BCUT2D eigenvalue weighted by Gasteiger charge is 2.17. The van der Waals surface area contributed by atoms with E-state index >= 15 is 0 Å². The summed E-state index contributed by atoms with van der Waals surface area (Å²) in [7, 11) is 2.70. The summed E-state index contributed by atoms with van der Waals surface area (Å²) in [6, 6.07) is 8.41. The summed E-state index contributed by atoms with van der Waals surface area (Å²) in [6.45, 7) is 1.10. The molecule has 0 unspecified atom stereocenters. The lowest BCUT2D eigenvalue weighted by atomic mass is 10.2. The van der Waals surface area contributed by atoms with Crippen molar-refractivity contribution in [3.63, 3.8) is 0 Å². The number of methoxy groups -OCH3 is 2. The number of ether oxygens (including phenoxy) is 2. The Bertz CT molecular complexity index is 1270. The van der Waals surface area contributed by atoms with Gasteiger partial charge in [-0.15, -0.1) is 5.10 Å². The molecule has 2 aromatic carbocycles. The van der Waals surface area contributed by atoms with E-state index in [1.807, 2.05) is 0 Å². The number of hydrogen-bond acceptors (Lipinski definition) is 6. The molecule has 3 aromatic rings. The van der Waals surface area contributed by atoms with Crippen LogP contribution in [0.5, 0.6) is 11.6 Å². The van der Waals surface area contributed by atoms with E-state index in [1.165, 1.54) is 33.3 Å². The van der Waals surface area contributed by atoms with Gasteiger partial charge in [-0.25, -0.2) is 13.8 Å². The van der Waals surface area contributed by atoms with Gasteiger partial charge in [0.25, 0.3) is 5.88 Å². The molecular weight excluding hydrogens is 431 g/mol. The van der Waals surface area contributed by atoms with Crippen molar-refractivity contribution >= 4 is 23.2 Å². The van der Waals surface area contributed by atoms with Crippen molar-refractivity contribution in [2.24, 2.45) is 0 Å². The van der Waals surface area contributed by atoms with Gasteiger partial charge in [-0.3, -0.25) is 9.59 Å². The summed E-state index contributed by atoms with van der Waals surface area (Å²) >= 11 is 6.13. The monoisotopic (exact) mass is 448 g/mol. The Morgan fingerprint density at radius 3 is 2.52 bits per heavy atom. The highest BCUT2D eigenvalue weighted by molar-refractivity contribution is 6.32. The molecule has 11 heteroatoms. The molecule has 162 valence electrons. The molecule has 0 fully saturated rings. The zero-order valence-electron chi connectivity index (χ0n) is 16.8. The van der Waals surface area contributed by atoms with Crippen molar-refractivity contribution in [3.8, 4) is 17.3 Å². The molecular formula is C20H18ClFN4O5. The van der Waals surface area contributed by atoms with Gasteiger partial charge in [-0.1, -0.05) is 17.7 Å². The molecule has 9 nitrogen and oxygen atoms in total. The average Bonchev–Trinajstić information content (AvgIpc) is 2.73. The second-order valence-electron chi connectivity index (χ2n) is 6.41. The van der Waals surface area contributed by atoms with Crippen LogP contribution in [0.4, 0.5) is 10.1 Å². The van der Waals surface area contributed by atoms with E-state index < -0.39 is 23.0 Å². The number of rotatable bonds is 6. The van der Waals surface area contributed by atoms with Crippen molar-refractivity contribution in [2.75, 3.05) is 19.5 Å². The minimum atomic E-state index is -0.793. The first-order valence-electron chi connectivity index (χ1n) is 8.93. The lowest BCUT2D eigenvalue weighted by molar-refractivity contribution is -0.114. The third-order valence-electron chi connectivity index (χ3n) is 4.29. The first kappa shape index (κ1) is 22.0. The quantitative estimate of drug-likeness (QED) is 0.620. The number of aromatic nitrogens is 3. The van der Waals surface area contributed by atoms with Gasteiger partial charge in [0.2, 0.25) is 5.91 Å². The first-order valence-corrected chi connectivity index (χ1v) is 9.31. The van der Waals surface area contributed by atoms with Crippen LogP contribution < -0.4 is 26.0 Å². The third kappa shape index (κ3) is 4.58. The van der Waals surface area contributed by atoms with Gasteiger partial charge in [-0.05, 0) is 35.9 Å². The molecule has 0 radical (unpaired) electrons. The number of hydrogen-bond donors (Lipinski definition) is 1. The van der Waals surface area contributed by atoms with Crippen molar-refractivity contribution in [1.82, 2.24) is 14.3 Å². The third-order valence-corrected chi connectivity index (χ3v) is 4.58. The summed E-state index contributed by atoms with van der Waals surface area (Å²) in [4.78, 5) is 37.0. The molecule has 0 aliphatic carbocycles. The molecule has 1 amide bonds. The summed E-state index contributed by atoms with van der Waals surface area (Å²) in [5, 5.41) is 6.57. The maximum atomic E-state index is 14.0. The van der Waals surface area contributed by atoms with E-state index in [1.54, 1.807) is 18.2 Å². The smallest absolute Gasteiger partial charge is 0.352 e. The number of benzene rings is 2. The van der Waals surface area contributed by atoms with Crippen molar-refractivity contribution in [2.45, 2.75) is 13.5 Å². The Balaban J connectivity index is 2.14. The number of nitrogens with one attached hydrogen (secondary N) is 1. The van der Waals surface area contributed by atoms with E-state index in [9.17, 15) is 18.8 Å². The topological polar surface area (TPSA) is 104 Å². The van der Waals surface area contributed by atoms with Crippen LogP contribution in [0.25, 0.3) is 5.69 Å². The molecule has 0 spiro atoms. The van der Waals surface area contributed by atoms with Crippen molar-refractivity contribution in [3.05, 3.63) is 73.6 Å². The second kappa shape index (κ2) is 9.00. The first-order chi connectivity index (χ1) is 14.7. The number of amides is 1. The highest BCUT2D eigenvalue weighted by atomic mass is 35.5. The standard InChI is InChI=1S/C20H18ClFN4O5/c1-11(27)23-16-9-13(5-6-15(16)22)26-20(29)25(19(28)18(24-26)31-3)10-12-4-7-17(30-2)14(21)8-12/h4-9H,10H2,1-3H3,(H,23,27). The van der Waals surface area contributed by atoms with Crippen LogP contribution >= 0.6 is 11.6 Å². The molecule has 0 bridgehead atoms. The Kier molecular flexibility index (Phi) is 6.40. The molecule has 0 aliphatic heterocycles. The average molecular weight is 449 g/mol. The Morgan fingerprint density at radius 1 is 1.16 bits per heavy atom. The summed E-state index contributed by atoms with van der Waals surface area (Å²) < 4.78 is 25.9. The van der Waals surface area contributed by atoms with Crippen molar-refractivity contribution < 1.29 is 18.7 Å². The Hall–Kier alpha value is -3.66. The molecule has 1 N–H and O–H groups in total. The SMILES string of the molecule is COc1ccc(Cn2c(=O)c(OC)nn(-c3ccc(F)c(NC(C)=O)c3)c2=O)cc1Cl. The molecule has 0 atom stereocenters. The number of anilines is 1. The summed E-state index contributed by atoms with van der Waals surface area (Å²) in [5.41, 5.74) is -1.01. The predicted molar refractivity (Wildman–Crippen MR) is 112 cm³/mol. The van der Waals surface area contributed by atoms with Gasteiger partial charge in [0.1, 0.15) is 11.6 Å². The number of carbonyl (C=O) groups is 1. The van der Waals surface area contributed by atoms with Crippen LogP contribution in [0, 0.1) is 5.82 Å².